The maximum atomic E-state index is 12.6. The first-order chi connectivity index (χ1) is 13.2. The van der Waals surface area contributed by atoms with E-state index in [0.717, 1.165) is 16.0 Å². The van der Waals surface area contributed by atoms with Gasteiger partial charge in [0.2, 0.25) is 0 Å². The first-order valence-corrected chi connectivity index (χ1v) is 8.90. The molecule has 0 fully saturated rings. The summed E-state index contributed by atoms with van der Waals surface area (Å²) in [7, 11) is 2.01. The van der Waals surface area contributed by atoms with Crippen molar-refractivity contribution in [2.24, 2.45) is 0 Å². The number of nitriles is 1. The Balaban J connectivity index is 1.80. The van der Waals surface area contributed by atoms with E-state index in [4.69, 9.17) is 0 Å². The molecule has 1 amide bonds. The highest BCUT2D eigenvalue weighted by Crippen LogP contribution is 2.18. The second-order valence-corrected chi connectivity index (χ2v) is 6.48. The lowest BCUT2D eigenvalue weighted by molar-refractivity contribution is -0.897. The van der Waals surface area contributed by atoms with E-state index in [1.807, 2.05) is 49.5 Å². The highest BCUT2D eigenvalue weighted by atomic mass is 16.2. The zero-order chi connectivity index (χ0) is 19.1. The van der Waals surface area contributed by atoms with Gasteiger partial charge in [-0.2, -0.15) is 5.26 Å². The number of benzene rings is 3. The molecule has 2 N–H and O–H groups in total. The minimum atomic E-state index is -0.118. The number of hydrogen-bond donors (Lipinski definition) is 2. The summed E-state index contributed by atoms with van der Waals surface area (Å²) in [5, 5.41) is 12.1. The minimum absolute atomic E-state index is 0.0457. The molecule has 4 heteroatoms. The van der Waals surface area contributed by atoms with Crippen LogP contribution < -0.4 is 10.2 Å². The Labute approximate surface area is 159 Å². The molecule has 3 aromatic carbocycles. The van der Waals surface area contributed by atoms with Crippen LogP contribution >= 0.6 is 0 Å². The SMILES string of the molecule is C[NH+](CC(=O)Nc1ccccc1C#N)C(c1ccccc1)c1ccccc1. The lowest BCUT2D eigenvalue weighted by Crippen LogP contribution is -3.10. The quantitative estimate of drug-likeness (QED) is 0.714. The summed E-state index contributed by atoms with van der Waals surface area (Å²) in [4.78, 5) is 13.7. The lowest BCUT2D eigenvalue weighted by Gasteiger charge is -2.25. The molecule has 0 aliphatic rings. The Morgan fingerprint density at radius 3 is 2.00 bits per heavy atom. The minimum Gasteiger partial charge on any atom is -0.320 e. The van der Waals surface area contributed by atoms with Crippen molar-refractivity contribution >= 4 is 11.6 Å². The first kappa shape index (κ1) is 18.4. The van der Waals surface area contributed by atoms with Crippen molar-refractivity contribution in [2.45, 2.75) is 6.04 Å². The molecule has 0 saturated heterocycles. The number of carbonyl (C=O) groups excluding carboxylic acids is 1. The average molecular weight is 356 g/mol. The number of carbonyl (C=O) groups is 1. The molecule has 3 rings (SSSR count). The summed E-state index contributed by atoms with van der Waals surface area (Å²) in [5.41, 5.74) is 3.33. The van der Waals surface area contributed by atoms with Gasteiger partial charge in [0, 0.05) is 11.1 Å². The first-order valence-electron chi connectivity index (χ1n) is 8.90. The zero-order valence-electron chi connectivity index (χ0n) is 15.2. The summed E-state index contributed by atoms with van der Waals surface area (Å²) in [6.07, 6.45) is 0. The summed E-state index contributed by atoms with van der Waals surface area (Å²) in [5.74, 6) is -0.118. The van der Waals surface area contributed by atoms with Crippen molar-refractivity contribution in [3.05, 3.63) is 102 Å². The van der Waals surface area contributed by atoms with Gasteiger partial charge in [-0.05, 0) is 12.1 Å². The number of rotatable bonds is 6. The van der Waals surface area contributed by atoms with E-state index in [1.165, 1.54) is 0 Å². The van der Waals surface area contributed by atoms with Crippen LogP contribution in [0, 0.1) is 11.3 Å². The number of likely N-dealkylation sites (N-methyl/N-ethyl adjacent to an activating group) is 1. The molecule has 0 aliphatic heterocycles. The summed E-state index contributed by atoms with van der Waals surface area (Å²) in [6.45, 7) is 0.286. The second kappa shape index (κ2) is 8.79. The van der Waals surface area contributed by atoms with Crippen molar-refractivity contribution in [2.75, 3.05) is 18.9 Å². The van der Waals surface area contributed by atoms with Gasteiger partial charge in [-0.15, -0.1) is 0 Å². The Kier molecular flexibility index (Phi) is 5.98. The Morgan fingerprint density at radius 2 is 1.44 bits per heavy atom. The Hall–Kier alpha value is -3.42. The van der Waals surface area contributed by atoms with Gasteiger partial charge < -0.3 is 10.2 Å². The van der Waals surface area contributed by atoms with Gasteiger partial charge in [0.1, 0.15) is 12.1 Å². The Bertz CT molecular complexity index is 893. The standard InChI is InChI=1S/C23H21N3O/c1-26(17-22(27)25-21-15-9-8-14-20(21)16-24)23(18-10-4-2-5-11-18)19-12-6-3-7-13-19/h2-15,23H,17H2,1H3,(H,25,27)/p+1. The van der Waals surface area contributed by atoms with E-state index in [9.17, 15) is 10.1 Å². The number of para-hydroxylation sites is 1. The van der Waals surface area contributed by atoms with Gasteiger partial charge in [0.25, 0.3) is 5.91 Å². The number of nitrogens with zero attached hydrogens (tertiary/aromatic N) is 1. The maximum Gasteiger partial charge on any atom is 0.279 e. The summed E-state index contributed by atoms with van der Waals surface area (Å²) >= 11 is 0. The van der Waals surface area contributed by atoms with Crippen molar-refractivity contribution in [3.8, 4) is 6.07 Å². The third-order valence-corrected chi connectivity index (χ3v) is 4.52. The zero-order valence-corrected chi connectivity index (χ0v) is 15.2. The number of quaternary nitrogens is 1. The molecule has 1 unspecified atom stereocenters. The third-order valence-electron chi connectivity index (χ3n) is 4.52. The Morgan fingerprint density at radius 1 is 0.926 bits per heavy atom. The fourth-order valence-electron chi connectivity index (χ4n) is 3.29. The van der Waals surface area contributed by atoms with E-state index in [2.05, 4.69) is 35.7 Å². The molecule has 134 valence electrons. The second-order valence-electron chi connectivity index (χ2n) is 6.48. The van der Waals surface area contributed by atoms with Gasteiger partial charge in [-0.1, -0.05) is 72.8 Å². The molecule has 3 aromatic rings. The molecule has 0 radical (unpaired) electrons. The smallest absolute Gasteiger partial charge is 0.279 e. The molecule has 0 bridgehead atoms. The average Bonchev–Trinajstić information content (AvgIpc) is 2.70. The molecule has 0 aliphatic carbocycles. The molecule has 0 aromatic heterocycles. The van der Waals surface area contributed by atoms with Crippen LogP contribution in [0.1, 0.15) is 22.7 Å². The molecule has 4 nitrogen and oxygen atoms in total. The van der Waals surface area contributed by atoms with Crippen molar-refractivity contribution in [1.29, 1.82) is 5.26 Å². The highest BCUT2D eigenvalue weighted by molar-refractivity contribution is 5.92. The van der Waals surface area contributed by atoms with Crippen LogP contribution in [0.3, 0.4) is 0 Å². The van der Waals surface area contributed by atoms with Gasteiger partial charge in [-0.25, -0.2) is 0 Å². The number of nitrogens with one attached hydrogen (secondary N) is 2. The van der Waals surface area contributed by atoms with Crippen molar-refractivity contribution in [1.82, 2.24) is 0 Å². The number of hydrogen-bond acceptors (Lipinski definition) is 2. The molecule has 0 spiro atoms. The topological polar surface area (TPSA) is 57.3 Å². The van der Waals surface area contributed by atoms with Crippen LogP contribution in [0.25, 0.3) is 0 Å². The number of amides is 1. The predicted octanol–water partition coefficient (Wildman–Crippen LogP) is 2.80. The van der Waals surface area contributed by atoms with Gasteiger partial charge in [0.15, 0.2) is 6.54 Å². The van der Waals surface area contributed by atoms with E-state index in [1.54, 1.807) is 18.2 Å². The monoisotopic (exact) mass is 356 g/mol. The lowest BCUT2D eigenvalue weighted by atomic mass is 9.97. The van der Waals surface area contributed by atoms with Crippen molar-refractivity contribution < 1.29 is 9.69 Å². The van der Waals surface area contributed by atoms with E-state index in [0.29, 0.717) is 11.3 Å². The van der Waals surface area contributed by atoms with Crippen LogP contribution in [0.5, 0.6) is 0 Å². The van der Waals surface area contributed by atoms with Crippen LogP contribution in [0.4, 0.5) is 5.69 Å². The molecule has 1 atom stereocenters. The number of anilines is 1. The molecular formula is C23H22N3O+. The largest absolute Gasteiger partial charge is 0.320 e. The van der Waals surface area contributed by atoms with E-state index in [-0.39, 0.29) is 18.5 Å². The van der Waals surface area contributed by atoms with Gasteiger partial charge >= 0.3 is 0 Å². The van der Waals surface area contributed by atoms with Gasteiger partial charge in [0.05, 0.1) is 18.3 Å². The molecular weight excluding hydrogens is 334 g/mol. The van der Waals surface area contributed by atoms with Crippen LogP contribution in [0.15, 0.2) is 84.9 Å². The van der Waals surface area contributed by atoms with Crippen LogP contribution in [-0.4, -0.2) is 19.5 Å². The normalized spacial score (nSPS) is 11.6. The summed E-state index contributed by atoms with van der Waals surface area (Å²) in [6, 6.07) is 29.6. The van der Waals surface area contributed by atoms with Gasteiger partial charge in [-0.3, -0.25) is 4.79 Å². The van der Waals surface area contributed by atoms with Crippen LogP contribution in [-0.2, 0) is 4.79 Å². The van der Waals surface area contributed by atoms with E-state index >= 15 is 0 Å². The third kappa shape index (κ3) is 4.60. The fraction of sp³-hybridized carbons (Fsp3) is 0.130. The predicted molar refractivity (Wildman–Crippen MR) is 106 cm³/mol. The fourth-order valence-corrected chi connectivity index (χ4v) is 3.29. The highest BCUT2D eigenvalue weighted by Gasteiger charge is 2.25. The molecule has 0 heterocycles. The molecule has 27 heavy (non-hydrogen) atoms. The summed E-state index contributed by atoms with van der Waals surface area (Å²) < 4.78 is 0. The maximum absolute atomic E-state index is 12.6. The molecule has 0 saturated carbocycles. The van der Waals surface area contributed by atoms with Crippen LogP contribution in [0.2, 0.25) is 0 Å². The van der Waals surface area contributed by atoms with Crippen molar-refractivity contribution in [3.63, 3.8) is 0 Å². The van der Waals surface area contributed by atoms with E-state index < -0.39 is 0 Å².